The molecule has 0 aliphatic carbocycles. The highest BCUT2D eigenvalue weighted by Crippen LogP contribution is 2.26. The lowest BCUT2D eigenvalue weighted by molar-refractivity contribution is -0.0501. The Balaban J connectivity index is 2.30. The van der Waals surface area contributed by atoms with Gasteiger partial charge in [0.25, 0.3) is 11.8 Å². The van der Waals surface area contributed by atoms with Gasteiger partial charge in [-0.15, -0.1) is 0 Å². The number of carbonyl (C=O) groups is 2. The number of hydrogen-bond acceptors (Lipinski definition) is 4. The molecule has 0 fully saturated rings. The molecule has 7 nitrogen and oxygen atoms in total. The van der Waals surface area contributed by atoms with Crippen molar-refractivity contribution in [1.82, 2.24) is 15.1 Å². The normalized spacial score (nSPS) is 11.0. The van der Waals surface area contributed by atoms with Gasteiger partial charge in [0.1, 0.15) is 5.75 Å². The molecule has 1 heterocycles. The second-order valence-corrected chi connectivity index (χ2v) is 7.24. The van der Waals surface area contributed by atoms with Crippen LogP contribution in [0.4, 0.5) is 14.5 Å². The number of halogens is 3. The summed E-state index contributed by atoms with van der Waals surface area (Å²) in [5.41, 5.74) is 0.116. The summed E-state index contributed by atoms with van der Waals surface area (Å²) >= 11 is 3.20. The van der Waals surface area contributed by atoms with Gasteiger partial charge in [0.05, 0.1) is 11.3 Å². The van der Waals surface area contributed by atoms with Crippen LogP contribution in [0, 0.1) is 5.92 Å². The SMILES string of the molecule is CCn1cc(NC(=O)c2cc(Br)ccc2OC(F)F)c(C(=O)NCC(C)C)n1. The highest BCUT2D eigenvalue weighted by Gasteiger charge is 2.22. The zero-order valence-corrected chi connectivity index (χ0v) is 17.2. The van der Waals surface area contributed by atoms with Crippen LogP contribution in [0.2, 0.25) is 0 Å². The maximum Gasteiger partial charge on any atom is 0.387 e. The van der Waals surface area contributed by atoms with Crippen molar-refractivity contribution >= 4 is 33.4 Å². The first-order chi connectivity index (χ1) is 13.2. The highest BCUT2D eigenvalue weighted by atomic mass is 79.9. The number of carbonyl (C=O) groups excluding carboxylic acids is 2. The number of aromatic nitrogens is 2. The van der Waals surface area contributed by atoms with Gasteiger partial charge in [-0.3, -0.25) is 14.3 Å². The number of aryl methyl sites for hydroxylation is 1. The van der Waals surface area contributed by atoms with Crippen molar-refractivity contribution in [2.75, 3.05) is 11.9 Å². The van der Waals surface area contributed by atoms with E-state index in [-0.39, 0.29) is 28.6 Å². The Morgan fingerprint density at radius 1 is 1.29 bits per heavy atom. The number of nitrogens with zero attached hydrogens (tertiary/aromatic N) is 2. The third-order valence-electron chi connectivity index (χ3n) is 3.62. The largest absolute Gasteiger partial charge is 0.434 e. The van der Waals surface area contributed by atoms with Crippen LogP contribution in [0.25, 0.3) is 0 Å². The Morgan fingerprint density at radius 2 is 2.00 bits per heavy atom. The first-order valence-corrected chi connectivity index (χ1v) is 9.41. The van der Waals surface area contributed by atoms with E-state index >= 15 is 0 Å². The summed E-state index contributed by atoms with van der Waals surface area (Å²) in [5.74, 6) is -1.17. The molecule has 2 rings (SSSR count). The molecule has 2 amide bonds. The predicted molar refractivity (Wildman–Crippen MR) is 104 cm³/mol. The summed E-state index contributed by atoms with van der Waals surface area (Å²) < 4.78 is 31.7. The zero-order chi connectivity index (χ0) is 20.8. The lowest BCUT2D eigenvalue weighted by Crippen LogP contribution is -2.29. The second kappa shape index (κ2) is 9.63. The van der Waals surface area contributed by atoms with Crippen molar-refractivity contribution in [3.8, 4) is 5.75 Å². The maximum absolute atomic E-state index is 12.7. The molecule has 0 aliphatic heterocycles. The van der Waals surface area contributed by atoms with Crippen LogP contribution >= 0.6 is 15.9 Å². The molecule has 0 aliphatic rings. The minimum atomic E-state index is -3.08. The quantitative estimate of drug-likeness (QED) is 0.627. The fourth-order valence-electron chi connectivity index (χ4n) is 2.29. The summed E-state index contributed by atoms with van der Waals surface area (Å²) in [7, 11) is 0. The standard InChI is InChI=1S/C18H21BrF2N4O3/c1-4-25-9-13(15(24-25)17(27)22-8-10(2)3)23-16(26)12-7-11(19)5-6-14(12)28-18(20)21/h5-7,9-10,18H,4,8H2,1-3H3,(H,22,27)(H,23,26). The van der Waals surface area contributed by atoms with Gasteiger partial charge in [0.15, 0.2) is 5.69 Å². The second-order valence-electron chi connectivity index (χ2n) is 6.32. The Bertz CT molecular complexity index is 855. The van der Waals surface area contributed by atoms with Gasteiger partial charge >= 0.3 is 6.61 Å². The summed E-state index contributed by atoms with van der Waals surface area (Å²) in [6.07, 6.45) is 1.51. The topological polar surface area (TPSA) is 85.2 Å². The molecule has 0 spiro atoms. The smallest absolute Gasteiger partial charge is 0.387 e. The third kappa shape index (κ3) is 5.75. The van der Waals surface area contributed by atoms with E-state index in [1.54, 1.807) is 0 Å². The van der Waals surface area contributed by atoms with Crippen molar-refractivity contribution in [3.63, 3.8) is 0 Å². The first-order valence-electron chi connectivity index (χ1n) is 8.62. The number of hydrogen-bond donors (Lipinski definition) is 2. The van der Waals surface area contributed by atoms with E-state index in [1.807, 2.05) is 20.8 Å². The van der Waals surface area contributed by atoms with Gasteiger partial charge in [-0.25, -0.2) is 0 Å². The van der Waals surface area contributed by atoms with E-state index in [1.165, 1.54) is 29.1 Å². The molecule has 28 heavy (non-hydrogen) atoms. The van der Waals surface area contributed by atoms with Gasteiger partial charge in [-0.1, -0.05) is 29.8 Å². The van der Waals surface area contributed by atoms with Crippen LogP contribution in [-0.2, 0) is 6.54 Å². The lowest BCUT2D eigenvalue weighted by atomic mass is 10.2. The Kier molecular flexibility index (Phi) is 7.50. The van der Waals surface area contributed by atoms with Gasteiger partial charge in [-0.05, 0) is 31.0 Å². The van der Waals surface area contributed by atoms with Crippen molar-refractivity contribution in [3.05, 3.63) is 40.1 Å². The first kappa shape index (κ1) is 21.8. The van der Waals surface area contributed by atoms with Crippen molar-refractivity contribution in [2.24, 2.45) is 5.92 Å². The molecule has 1 aromatic heterocycles. The zero-order valence-electron chi connectivity index (χ0n) is 15.6. The van der Waals surface area contributed by atoms with Gasteiger partial charge in [0, 0.05) is 23.8 Å². The number of nitrogens with one attached hydrogen (secondary N) is 2. The molecular weight excluding hydrogens is 438 g/mol. The van der Waals surface area contributed by atoms with E-state index in [0.29, 0.717) is 17.6 Å². The van der Waals surface area contributed by atoms with Crippen LogP contribution in [0.1, 0.15) is 41.6 Å². The number of anilines is 1. The van der Waals surface area contributed by atoms with Crippen molar-refractivity contribution in [2.45, 2.75) is 33.9 Å². The molecule has 0 unspecified atom stereocenters. The Hall–Kier alpha value is -2.49. The molecule has 0 bridgehead atoms. The van der Waals surface area contributed by atoms with Crippen LogP contribution in [0.3, 0.4) is 0 Å². The molecular formula is C18H21BrF2N4O3. The molecule has 0 radical (unpaired) electrons. The van der Waals surface area contributed by atoms with Crippen LogP contribution in [0.15, 0.2) is 28.9 Å². The Labute approximate surface area is 169 Å². The average molecular weight is 459 g/mol. The molecule has 152 valence electrons. The van der Waals surface area contributed by atoms with E-state index in [0.717, 1.165) is 0 Å². The maximum atomic E-state index is 12.7. The average Bonchev–Trinajstić information content (AvgIpc) is 3.03. The molecule has 1 aromatic carbocycles. The number of rotatable bonds is 8. The number of benzene rings is 1. The summed E-state index contributed by atoms with van der Waals surface area (Å²) in [5, 5.41) is 9.47. The van der Waals surface area contributed by atoms with E-state index < -0.39 is 18.4 Å². The molecule has 2 aromatic rings. The molecule has 0 atom stereocenters. The lowest BCUT2D eigenvalue weighted by Gasteiger charge is -2.12. The van der Waals surface area contributed by atoms with Gasteiger partial charge < -0.3 is 15.4 Å². The van der Waals surface area contributed by atoms with Gasteiger partial charge in [-0.2, -0.15) is 13.9 Å². The fraction of sp³-hybridized carbons (Fsp3) is 0.389. The van der Waals surface area contributed by atoms with E-state index in [4.69, 9.17) is 0 Å². The minimum Gasteiger partial charge on any atom is -0.434 e. The minimum absolute atomic E-state index is 0.0437. The van der Waals surface area contributed by atoms with Crippen LogP contribution in [0.5, 0.6) is 5.75 Å². The molecule has 10 heteroatoms. The predicted octanol–water partition coefficient (Wildman–Crippen LogP) is 3.91. The monoisotopic (exact) mass is 458 g/mol. The fourth-order valence-corrected chi connectivity index (χ4v) is 2.65. The van der Waals surface area contributed by atoms with Crippen molar-refractivity contribution in [1.29, 1.82) is 0 Å². The summed E-state index contributed by atoms with van der Waals surface area (Å²) in [4.78, 5) is 25.1. The van der Waals surface area contributed by atoms with Crippen LogP contribution in [-0.4, -0.2) is 34.8 Å². The third-order valence-corrected chi connectivity index (χ3v) is 4.12. The van der Waals surface area contributed by atoms with Crippen LogP contribution < -0.4 is 15.4 Å². The number of amides is 2. The van der Waals surface area contributed by atoms with E-state index in [2.05, 4.69) is 36.4 Å². The number of ether oxygens (including phenoxy) is 1. The Morgan fingerprint density at radius 3 is 2.61 bits per heavy atom. The van der Waals surface area contributed by atoms with Gasteiger partial charge in [0.2, 0.25) is 0 Å². The summed E-state index contributed by atoms with van der Waals surface area (Å²) in [6.45, 7) is 3.59. The van der Waals surface area contributed by atoms with E-state index in [9.17, 15) is 18.4 Å². The highest BCUT2D eigenvalue weighted by molar-refractivity contribution is 9.10. The van der Waals surface area contributed by atoms with Crippen molar-refractivity contribution < 1.29 is 23.1 Å². The summed E-state index contributed by atoms with van der Waals surface area (Å²) in [6, 6.07) is 4.10. The number of alkyl halides is 2. The molecule has 2 N–H and O–H groups in total. The molecule has 0 saturated carbocycles. The molecule has 0 saturated heterocycles.